The van der Waals surface area contributed by atoms with Crippen LogP contribution < -0.4 is 0 Å². The molecular formula is C14H30O5. The molecule has 19 heavy (non-hydrogen) atoms. The third-order valence-corrected chi connectivity index (χ3v) is 2.46. The summed E-state index contributed by atoms with van der Waals surface area (Å²) in [5.41, 5.74) is 0. The predicted molar refractivity (Wildman–Crippen MR) is 74.1 cm³/mol. The van der Waals surface area contributed by atoms with Gasteiger partial charge in [0.05, 0.1) is 13.2 Å². The van der Waals surface area contributed by atoms with Crippen molar-refractivity contribution in [2.24, 2.45) is 0 Å². The maximum atomic E-state index is 5.47. The molecule has 1 fully saturated rings. The van der Waals surface area contributed by atoms with E-state index in [1.165, 1.54) is 0 Å². The zero-order valence-electron chi connectivity index (χ0n) is 13.0. The summed E-state index contributed by atoms with van der Waals surface area (Å²) in [6.45, 7) is 13.4. The van der Waals surface area contributed by atoms with Crippen LogP contribution in [0.4, 0.5) is 0 Å². The van der Waals surface area contributed by atoms with Crippen molar-refractivity contribution in [2.75, 3.05) is 33.0 Å². The average molecular weight is 278 g/mol. The van der Waals surface area contributed by atoms with Crippen molar-refractivity contribution >= 4 is 0 Å². The molecule has 0 saturated carbocycles. The Bertz CT molecular complexity index is 183. The summed E-state index contributed by atoms with van der Waals surface area (Å²) in [4.78, 5) is 0. The molecular weight excluding hydrogens is 248 g/mol. The third kappa shape index (κ3) is 10.3. The normalized spacial score (nSPS) is 22.4. The quantitative estimate of drug-likeness (QED) is 0.639. The molecule has 0 N–H and O–H groups in total. The minimum atomic E-state index is -0.0370. The fraction of sp³-hybridized carbons (Fsp3) is 1.00. The van der Waals surface area contributed by atoms with Gasteiger partial charge in [-0.3, -0.25) is 0 Å². The zero-order chi connectivity index (χ0) is 14.5. The Morgan fingerprint density at radius 1 is 1.05 bits per heavy atom. The molecule has 1 rings (SSSR count). The monoisotopic (exact) mass is 278 g/mol. The van der Waals surface area contributed by atoms with E-state index in [9.17, 15) is 0 Å². The van der Waals surface area contributed by atoms with Gasteiger partial charge in [0.1, 0.15) is 6.10 Å². The molecule has 0 spiro atoms. The number of hydrogen-bond donors (Lipinski definition) is 0. The lowest BCUT2D eigenvalue weighted by molar-refractivity contribution is -0.123. The Morgan fingerprint density at radius 2 is 1.68 bits per heavy atom. The molecule has 0 aromatic carbocycles. The summed E-state index contributed by atoms with van der Waals surface area (Å²) in [6, 6.07) is 0. The molecule has 2 unspecified atom stereocenters. The summed E-state index contributed by atoms with van der Waals surface area (Å²) in [5.74, 6) is 0. The van der Waals surface area contributed by atoms with Gasteiger partial charge in [-0.15, -0.1) is 0 Å². The molecule has 0 aliphatic carbocycles. The molecule has 1 aliphatic rings. The SMILES string of the molecule is CCOC(C)OCC.CCOCC1COC(CC)O1. The lowest BCUT2D eigenvalue weighted by Gasteiger charge is -2.09. The van der Waals surface area contributed by atoms with Gasteiger partial charge in [0.25, 0.3) is 0 Å². The second-order valence-corrected chi connectivity index (χ2v) is 4.07. The Kier molecular flexibility index (Phi) is 12.7. The molecule has 2 atom stereocenters. The van der Waals surface area contributed by atoms with Gasteiger partial charge in [0, 0.05) is 19.8 Å². The second-order valence-electron chi connectivity index (χ2n) is 4.07. The van der Waals surface area contributed by atoms with Gasteiger partial charge in [0.15, 0.2) is 12.6 Å². The standard InChI is InChI=1S/C8H16O3.C6H14O2/c1-3-8-10-6-7(11-8)5-9-4-2;1-4-7-6(3)8-5-2/h7-8H,3-6H2,1-2H3;6H,4-5H2,1-3H3. The molecule has 0 aromatic heterocycles. The van der Waals surface area contributed by atoms with Crippen molar-refractivity contribution in [3.63, 3.8) is 0 Å². The first-order valence-electron chi connectivity index (χ1n) is 7.25. The van der Waals surface area contributed by atoms with E-state index in [2.05, 4.69) is 0 Å². The minimum absolute atomic E-state index is 0.000422. The summed E-state index contributed by atoms with van der Waals surface area (Å²) in [5, 5.41) is 0. The summed E-state index contributed by atoms with van der Waals surface area (Å²) < 4.78 is 26.1. The van der Waals surface area contributed by atoms with E-state index in [0.29, 0.717) is 13.2 Å². The van der Waals surface area contributed by atoms with Crippen LogP contribution in [0, 0.1) is 0 Å². The second kappa shape index (κ2) is 12.8. The lowest BCUT2D eigenvalue weighted by atomic mass is 10.4. The zero-order valence-corrected chi connectivity index (χ0v) is 13.0. The van der Waals surface area contributed by atoms with E-state index >= 15 is 0 Å². The smallest absolute Gasteiger partial charge is 0.158 e. The highest BCUT2D eigenvalue weighted by Gasteiger charge is 2.24. The first kappa shape index (κ1) is 18.8. The predicted octanol–water partition coefficient (Wildman–Crippen LogP) is 2.58. The van der Waals surface area contributed by atoms with E-state index in [1.54, 1.807) is 0 Å². The van der Waals surface area contributed by atoms with Crippen LogP contribution in [-0.4, -0.2) is 51.7 Å². The average Bonchev–Trinajstić information content (AvgIpc) is 2.86. The highest BCUT2D eigenvalue weighted by Crippen LogP contribution is 2.13. The van der Waals surface area contributed by atoms with Crippen molar-refractivity contribution in [3.05, 3.63) is 0 Å². The van der Waals surface area contributed by atoms with Gasteiger partial charge in [-0.1, -0.05) is 6.92 Å². The van der Waals surface area contributed by atoms with Crippen molar-refractivity contribution in [2.45, 2.75) is 59.7 Å². The van der Waals surface area contributed by atoms with Crippen LogP contribution in [0.25, 0.3) is 0 Å². The van der Waals surface area contributed by atoms with Crippen LogP contribution in [0.5, 0.6) is 0 Å². The number of rotatable bonds is 8. The fourth-order valence-electron chi connectivity index (χ4n) is 1.58. The van der Waals surface area contributed by atoms with E-state index < -0.39 is 0 Å². The third-order valence-electron chi connectivity index (χ3n) is 2.46. The molecule has 0 bridgehead atoms. The van der Waals surface area contributed by atoms with Gasteiger partial charge in [-0.05, 0) is 34.1 Å². The van der Waals surface area contributed by atoms with E-state index in [-0.39, 0.29) is 18.7 Å². The van der Waals surface area contributed by atoms with Crippen LogP contribution >= 0.6 is 0 Å². The highest BCUT2D eigenvalue weighted by atomic mass is 16.7. The molecule has 1 heterocycles. The summed E-state index contributed by atoms with van der Waals surface area (Å²) in [6.07, 6.45) is 1.04. The summed E-state index contributed by atoms with van der Waals surface area (Å²) >= 11 is 0. The summed E-state index contributed by atoms with van der Waals surface area (Å²) in [7, 11) is 0. The molecule has 0 aromatic rings. The van der Waals surface area contributed by atoms with Crippen LogP contribution in [0.3, 0.4) is 0 Å². The van der Waals surface area contributed by atoms with E-state index in [0.717, 1.165) is 26.2 Å². The first-order chi connectivity index (χ1) is 9.17. The van der Waals surface area contributed by atoms with Crippen molar-refractivity contribution in [1.29, 1.82) is 0 Å². The maximum Gasteiger partial charge on any atom is 0.158 e. The molecule has 5 nitrogen and oxygen atoms in total. The Morgan fingerprint density at radius 3 is 2.11 bits per heavy atom. The minimum Gasteiger partial charge on any atom is -0.379 e. The van der Waals surface area contributed by atoms with Crippen LogP contribution in [0.1, 0.15) is 41.0 Å². The first-order valence-corrected chi connectivity index (χ1v) is 7.25. The maximum absolute atomic E-state index is 5.47. The van der Waals surface area contributed by atoms with Gasteiger partial charge in [0.2, 0.25) is 0 Å². The largest absolute Gasteiger partial charge is 0.379 e. The van der Waals surface area contributed by atoms with Crippen LogP contribution in [0.2, 0.25) is 0 Å². The Labute approximate surface area is 117 Å². The Hall–Kier alpha value is -0.200. The van der Waals surface area contributed by atoms with E-state index in [4.69, 9.17) is 23.7 Å². The fourth-order valence-corrected chi connectivity index (χ4v) is 1.58. The van der Waals surface area contributed by atoms with Crippen molar-refractivity contribution in [3.8, 4) is 0 Å². The van der Waals surface area contributed by atoms with Gasteiger partial charge < -0.3 is 23.7 Å². The van der Waals surface area contributed by atoms with Gasteiger partial charge >= 0.3 is 0 Å². The molecule has 1 aliphatic heterocycles. The van der Waals surface area contributed by atoms with Crippen molar-refractivity contribution < 1.29 is 23.7 Å². The van der Waals surface area contributed by atoms with Crippen molar-refractivity contribution in [1.82, 2.24) is 0 Å². The van der Waals surface area contributed by atoms with Gasteiger partial charge in [-0.2, -0.15) is 0 Å². The van der Waals surface area contributed by atoms with Crippen LogP contribution in [0.15, 0.2) is 0 Å². The molecule has 116 valence electrons. The molecule has 5 heteroatoms. The highest BCUT2D eigenvalue weighted by molar-refractivity contribution is 4.63. The number of hydrogen-bond acceptors (Lipinski definition) is 5. The van der Waals surface area contributed by atoms with Crippen LogP contribution in [-0.2, 0) is 23.7 Å². The molecule has 0 radical (unpaired) electrons. The molecule has 0 amide bonds. The molecule has 1 saturated heterocycles. The van der Waals surface area contributed by atoms with Gasteiger partial charge in [-0.25, -0.2) is 0 Å². The van der Waals surface area contributed by atoms with E-state index in [1.807, 2.05) is 34.6 Å². The lowest BCUT2D eigenvalue weighted by Crippen LogP contribution is -2.18. The number of ether oxygens (including phenoxy) is 5. The topological polar surface area (TPSA) is 46.2 Å². The Balaban J connectivity index is 0.000000362.